The minimum Gasteiger partial charge on any atom is -0.369 e. The molecule has 1 aromatic carbocycles. The Balaban J connectivity index is 2.09. The second-order valence-electron chi connectivity index (χ2n) is 5.68. The fourth-order valence-electron chi connectivity index (χ4n) is 3.19. The average molecular weight is 260 g/mol. The van der Waals surface area contributed by atoms with Crippen molar-refractivity contribution in [3.63, 3.8) is 0 Å². The van der Waals surface area contributed by atoms with Gasteiger partial charge in [0.15, 0.2) is 0 Å². The third-order valence-electron chi connectivity index (χ3n) is 4.45. The van der Waals surface area contributed by atoms with E-state index in [2.05, 4.69) is 43.0 Å². The molecule has 2 rings (SSSR count). The fourth-order valence-corrected chi connectivity index (χ4v) is 3.19. The minimum absolute atomic E-state index is 0.179. The zero-order chi connectivity index (χ0) is 13.7. The number of hydrogen-bond donors (Lipinski definition) is 1. The molecule has 0 bridgehead atoms. The molecule has 0 amide bonds. The Labute approximate surface area is 118 Å². The van der Waals surface area contributed by atoms with E-state index in [1.165, 1.54) is 43.4 Å². The first-order valence-electron chi connectivity index (χ1n) is 7.88. The van der Waals surface area contributed by atoms with Gasteiger partial charge in [-0.25, -0.2) is 0 Å². The van der Waals surface area contributed by atoms with Crippen molar-refractivity contribution in [3.8, 4) is 0 Å². The molecule has 2 heteroatoms. The van der Waals surface area contributed by atoms with Gasteiger partial charge in [0, 0.05) is 24.3 Å². The Hall–Kier alpha value is -1.02. The van der Waals surface area contributed by atoms with Crippen LogP contribution in [0.3, 0.4) is 0 Å². The lowest BCUT2D eigenvalue weighted by molar-refractivity contribution is 0.418. The third-order valence-corrected chi connectivity index (χ3v) is 4.45. The second kappa shape index (κ2) is 6.95. The monoisotopic (exact) mass is 260 g/mol. The van der Waals surface area contributed by atoms with Crippen LogP contribution in [0.4, 0.5) is 5.69 Å². The molecule has 0 saturated heterocycles. The zero-order valence-electron chi connectivity index (χ0n) is 12.4. The van der Waals surface area contributed by atoms with Crippen LogP contribution in [0.25, 0.3) is 0 Å². The van der Waals surface area contributed by atoms with E-state index in [1.54, 1.807) is 0 Å². The normalized spacial score (nSPS) is 18.3. The Bertz CT molecular complexity index is 365. The van der Waals surface area contributed by atoms with Gasteiger partial charge in [-0.15, -0.1) is 0 Å². The van der Waals surface area contributed by atoms with Crippen LogP contribution < -0.4 is 10.6 Å². The molecule has 1 saturated carbocycles. The molecule has 1 atom stereocenters. The maximum absolute atomic E-state index is 6.08. The molecule has 1 aliphatic carbocycles. The van der Waals surface area contributed by atoms with Gasteiger partial charge in [0.2, 0.25) is 0 Å². The summed E-state index contributed by atoms with van der Waals surface area (Å²) in [6.45, 7) is 5.50. The van der Waals surface area contributed by atoms with E-state index in [1.807, 2.05) is 0 Å². The molecule has 1 aromatic rings. The zero-order valence-corrected chi connectivity index (χ0v) is 12.4. The first-order chi connectivity index (χ1) is 9.26. The van der Waals surface area contributed by atoms with Gasteiger partial charge in [0.25, 0.3) is 0 Å². The highest BCUT2D eigenvalue weighted by molar-refractivity contribution is 5.49. The van der Waals surface area contributed by atoms with Gasteiger partial charge >= 0.3 is 0 Å². The summed E-state index contributed by atoms with van der Waals surface area (Å²) in [4.78, 5) is 2.57. The molecule has 2 N–H and O–H groups in total. The number of nitrogens with zero attached hydrogens (tertiary/aromatic N) is 1. The van der Waals surface area contributed by atoms with E-state index >= 15 is 0 Å². The lowest BCUT2D eigenvalue weighted by Crippen LogP contribution is -2.36. The van der Waals surface area contributed by atoms with Crippen LogP contribution in [0.2, 0.25) is 0 Å². The van der Waals surface area contributed by atoms with Crippen molar-refractivity contribution < 1.29 is 0 Å². The summed E-state index contributed by atoms with van der Waals surface area (Å²) in [5.74, 6) is 0. The van der Waals surface area contributed by atoms with E-state index < -0.39 is 0 Å². The van der Waals surface area contributed by atoms with E-state index in [0.717, 1.165) is 19.0 Å². The predicted molar refractivity (Wildman–Crippen MR) is 83.6 cm³/mol. The van der Waals surface area contributed by atoms with Gasteiger partial charge in [-0.1, -0.05) is 38.3 Å². The van der Waals surface area contributed by atoms with Gasteiger partial charge in [0.05, 0.1) is 0 Å². The van der Waals surface area contributed by atoms with Crippen LogP contribution >= 0.6 is 0 Å². The lowest BCUT2D eigenvalue weighted by atomic mass is 9.93. The molecular formula is C17H28N2. The summed E-state index contributed by atoms with van der Waals surface area (Å²) < 4.78 is 0. The van der Waals surface area contributed by atoms with Crippen molar-refractivity contribution in [1.82, 2.24) is 0 Å². The first kappa shape index (κ1) is 14.4. The number of rotatable bonds is 5. The summed E-state index contributed by atoms with van der Waals surface area (Å²) in [6, 6.07) is 9.83. The number of nitrogens with two attached hydrogens (primary N) is 1. The van der Waals surface area contributed by atoms with Crippen molar-refractivity contribution in [2.45, 2.75) is 64.5 Å². The van der Waals surface area contributed by atoms with Crippen LogP contribution in [0.1, 0.15) is 64.0 Å². The van der Waals surface area contributed by atoms with Crippen molar-refractivity contribution in [3.05, 3.63) is 29.8 Å². The largest absolute Gasteiger partial charge is 0.369 e. The van der Waals surface area contributed by atoms with E-state index in [0.29, 0.717) is 0 Å². The quantitative estimate of drug-likeness (QED) is 0.857. The molecular weight excluding hydrogens is 232 g/mol. The third kappa shape index (κ3) is 3.50. The molecule has 0 aliphatic heterocycles. The van der Waals surface area contributed by atoms with Crippen LogP contribution in [0, 0.1) is 0 Å². The Kier molecular flexibility index (Phi) is 5.26. The lowest BCUT2D eigenvalue weighted by Gasteiger charge is -2.35. The predicted octanol–water partition coefficient (Wildman–Crippen LogP) is 4.26. The first-order valence-corrected chi connectivity index (χ1v) is 7.88. The fraction of sp³-hybridized carbons (Fsp3) is 0.647. The summed E-state index contributed by atoms with van der Waals surface area (Å²) in [5, 5.41) is 0. The Morgan fingerprint density at radius 1 is 1.11 bits per heavy atom. The highest BCUT2D eigenvalue weighted by atomic mass is 15.2. The maximum atomic E-state index is 6.08. The van der Waals surface area contributed by atoms with Crippen molar-refractivity contribution in [2.75, 3.05) is 11.4 Å². The average Bonchev–Trinajstić information content (AvgIpc) is 2.49. The van der Waals surface area contributed by atoms with Crippen LogP contribution in [0.5, 0.6) is 0 Å². The van der Waals surface area contributed by atoms with E-state index in [-0.39, 0.29) is 6.04 Å². The molecule has 1 aliphatic rings. The molecule has 0 radical (unpaired) electrons. The smallest absolute Gasteiger partial charge is 0.0368 e. The number of anilines is 1. The SMILES string of the molecule is CCC(N)c1ccc(N(CC)C2CCCCC2)cc1. The standard InChI is InChI=1S/C17H28N2/c1-3-17(18)14-10-12-16(13-11-14)19(4-2)15-8-6-5-7-9-15/h10-13,15,17H,3-9,18H2,1-2H3. The molecule has 106 valence electrons. The maximum Gasteiger partial charge on any atom is 0.0368 e. The van der Waals surface area contributed by atoms with Gasteiger partial charge in [-0.05, 0) is 43.9 Å². The molecule has 0 spiro atoms. The summed E-state index contributed by atoms with van der Waals surface area (Å²) in [5.41, 5.74) is 8.70. The minimum atomic E-state index is 0.179. The number of benzene rings is 1. The molecule has 0 aromatic heterocycles. The topological polar surface area (TPSA) is 29.3 Å². The second-order valence-corrected chi connectivity index (χ2v) is 5.68. The number of hydrogen-bond acceptors (Lipinski definition) is 2. The Morgan fingerprint density at radius 3 is 2.26 bits per heavy atom. The van der Waals surface area contributed by atoms with Gasteiger partial charge in [-0.3, -0.25) is 0 Å². The molecule has 19 heavy (non-hydrogen) atoms. The van der Waals surface area contributed by atoms with Gasteiger partial charge in [0.1, 0.15) is 0 Å². The molecule has 2 nitrogen and oxygen atoms in total. The summed E-state index contributed by atoms with van der Waals surface area (Å²) in [6.07, 6.45) is 7.89. The highest BCUT2D eigenvalue weighted by Gasteiger charge is 2.20. The van der Waals surface area contributed by atoms with Crippen LogP contribution in [0.15, 0.2) is 24.3 Å². The van der Waals surface area contributed by atoms with E-state index in [9.17, 15) is 0 Å². The summed E-state index contributed by atoms with van der Waals surface area (Å²) in [7, 11) is 0. The van der Waals surface area contributed by atoms with E-state index in [4.69, 9.17) is 5.73 Å². The van der Waals surface area contributed by atoms with Crippen molar-refractivity contribution >= 4 is 5.69 Å². The van der Waals surface area contributed by atoms with Crippen LogP contribution in [-0.2, 0) is 0 Å². The van der Waals surface area contributed by atoms with Crippen LogP contribution in [-0.4, -0.2) is 12.6 Å². The molecule has 1 unspecified atom stereocenters. The highest BCUT2D eigenvalue weighted by Crippen LogP contribution is 2.28. The van der Waals surface area contributed by atoms with Gasteiger partial charge in [-0.2, -0.15) is 0 Å². The van der Waals surface area contributed by atoms with Crippen molar-refractivity contribution in [2.24, 2.45) is 5.73 Å². The molecule has 0 heterocycles. The van der Waals surface area contributed by atoms with Gasteiger partial charge < -0.3 is 10.6 Å². The molecule has 1 fully saturated rings. The van der Waals surface area contributed by atoms with Crippen molar-refractivity contribution in [1.29, 1.82) is 0 Å². The summed E-state index contributed by atoms with van der Waals surface area (Å²) >= 11 is 0. The Morgan fingerprint density at radius 2 is 1.74 bits per heavy atom.